The highest BCUT2D eigenvalue weighted by Crippen LogP contribution is 2.31. The highest BCUT2D eigenvalue weighted by molar-refractivity contribution is 7.89. The van der Waals surface area contributed by atoms with E-state index in [0.717, 1.165) is 5.56 Å². The third-order valence-corrected chi connectivity index (χ3v) is 7.41. The van der Waals surface area contributed by atoms with Crippen LogP contribution in [0.2, 0.25) is 10.0 Å². The third-order valence-electron chi connectivity index (χ3n) is 4.55. The highest BCUT2D eigenvalue weighted by Gasteiger charge is 2.33. The number of rotatable bonds is 5. The molecule has 1 saturated heterocycles. The third kappa shape index (κ3) is 4.43. The summed E-state index contributed by atoms with van der Waals surface area (Å²) >= 11 is 12.1. The van der Waals surface area contributed by atoms with Gasteiger partial charge >= 0.3 is 0 Å². The van der Waals surface area contributed by atoms with Gasteiger partial charge in [-0.15, -0.1) is 0 Å². The van der Waals surface area contributed by atoms with Gasteiger partial charge in [-0.05, 0) is 30.7 Å². The molecular weight excluding hydrogens is 423 g/mol. The van der Waals surface area contributed by atoms with Gasteiger partial charge in [0.1, 0.15) is 10.6 Å². The van der Waals surface area contributed by atoms with E-state index in [-0.39, 0.29) is 53.6 Å². The number of hydrogen-bond donors (Lipinski definition) is 0. The first kappa shape index (κ1) is 20.9. The van der Waals surface area contributed by atoms with Crippen molar-refractivity contribution in [3.63, 3.8) is 0 Å². The fourth-order valence-electron chi connectivity index (χ4n) is 2.99. The van der Waals surface area contributed by atoms with Crippen LogP contribution in [0.5, 0.6) is 5.75 Å². The maximum absolute atomic E-state index is 12.9. The van der Waals surface area contributed by atoms with Crippen molar-refractivity contribution in [1.82, 2.24) is 9.21 Å². The standard InChI is InChI=1S/C19H20Cl2N2O4S/c1-14-5-2-3-8-17(14)27-13-18(24)22-9-11-23(12-10-22)28(25,26)19-15(20)6-4-7-16(19)21/h2-8H,9-13H2,1H3. The van der Waals surface area contributed by atoms with Gasteiger partial charge < -0.3 is 9.64 Å². The molecule has 0 saturated carbocycles. The van der Waals surface area contributed by atoms with Crippen molar-refractivity contribution in [2.45, 2.75) is 11.8 Å². The van der Waals surface area contributed by atoms with Crippen LogP contribution in [-0.4, -0.2) is 56.3 Å². The molecule has 1 heterocycles. The van der Waals surface area contributed by atoms with E-state index < -0.39 is 10.0 Å². The topological polar surface area (TPSA) is 66.9 Å². The summed E-state index contributed by atoms with van der Waals surface area (Å²) in [5.74, 6) is 0.474. The van der Waals surface area contributed by atoms with Gasteiger partial charge in [0, 0.05) is 26.2 Å². The van der Waals surface area contributed by atoms with E-state index in [2.05, 4.69) is 0 Å². The van der Waals surface area contributed by atoms with Gasteiger partial charge in [0.25, 0.3) is 5.91 Å². The van der Waals surface area contributed by atoms with Gasteiger partial charge in [0.05, 0.1) is 10.0 Å². The van der Waals surface area contributed by atoms with E-state index in [9.17, 15) is 13.2 Å². The average Bonchev–Trinajstić information content (AvgIpc) is 2.67. The second kappa shape index (κ2) is 8.69. The van der Waals surface area contributed by atoms with Crippen molar-refractivity contribution >= 4 is 39.1 Å². The van der Waals surface area contributed by atoms with E-state index in [1.54, 1.807) is 17.0 Å². The maximum Gasteiger partial charge on any atom is 0.260 e. The van der Waals surface area contributed by atoms with Crippen molar-refractivity contribution in [3.05, 3.63) is 58.1 Å². The molecule has 0 N–H and O–H groups in total. The van der Waals surface area contributed by atoms with Crippen LogP contribution in [0.1, 0.15) is 5.56 Å². The number of amides is 1. The first-order valence-corrected chi connectivity index (χ1v) is 10.9. The first-order chi connectivity index (χ1) is 13.3. The van der Waals surface area contributed by atoms with Gasteiger partial charge in [0.15, 0.2) is 6.61 Å². The minimum absolute atomic E-state index is 0.0811. The number of aryl methyl sites for hydroxylation is 1. The van der Waals surface area contributed by atoms with Crippen molar-refractivity contribution < 1.29 is 17.9 Å². The number of benzene rings is 2. The lowest BCUT2D eigenvalue weighted by molar-refractivity contribution is -0.134. The lowest BCUT2D eigenvalue weighted by Gasteiger charge is -2.34. The fourth-order valence-corrected chi connectivity index (χ4v) is 5.50. The molecule has 1 aliphatic heterocycles. The van der Waals surface area contributed by atoms with Crippen molar-refractivity contribution in [2.24, 2.45) is 0 Å². The van der Waals surface area contributed by atoms with E-state index in [4.69, 9.17) is 27.9 Å². The van der Waals surface area contributed by atoms with Crippen LogP contribution < -0.4 is 4.74 Å². The number of carbonyl (C=O) groups excluding carboxylic acids is 1. The zero-order valence-electron chi connectivity index (χ0n) is 15.3. The first-order valence-electron chi connectivity index (χ1n) is 8.71. The molecule has 6 nitrogen and oxygen atoms in total. The highest BCUT2D eigenvalue weighted by atomic mass is 35.5. The van der Waals surface area contributed by atoms with Gasteiger partial charge in [0.2, 0.25) is 10.0 Å². The molecule has 2 aromatic carbocycles. The number of sulfonamides is 1. The lowest BCUT2D eigenvalue weighted by Crippen LogP contribution is -2.51. The second-order valence-corrected chi connectivity index (χ2v) is 9.08. The van der Waals surface area contributed by atoms with Gasteiger partial charge in [-0.1, -0.05) is 47.5 Å². The Morgan fingerprint density at radius 1 is 1.00 bits per heavy atom. The molecule has 0 aliphatic carbocycles. The molecule has 1 amide bonds. The molecule has 3 rings (SSSR count). The number of halogens is 2. The maximum atomic E-state index is 12.9. The van der Waals surface area contributed by atoms with Crippen molar-refractivity contribution in [1.29, 1.82) is 0 Å². The molecular formula is C19H20Cl2N2O4S. The predicted molar refractivity (Wildman–Crippen MR) is 108 cm³/mol. The van der Waals surface area contributed by atoms with Crippen LogP contribution in [-0.2, 0) is 14.8 Å². The quantitative estimate of drug-likeness (QED) is 0.712. The summed E-state index contributed by atoms with van der Waals surface area (Å²) in [5.41, 5.74) is 0.947. The molecule has 150 valence electrons. The Bertz CT molecular complexity index is 953. The molecule has 0 atom stereocenters. The van der Waals surface area contributed by atoms with E-state index in [1.165, 1.54) is 16.4 Å². The summed E-state index contributed by atoms with van der Waals surface area (Å²) in [7, 11) is -3.83. The zero-order valence-corrected chi connectivity index (χ0v) is 17.6. The average molecular weight is 443 g/mol. The van der Waals surface area contributed by atoms with Crippen LogP contribution in [0.15, 0.2) is 47.4 Å². The van der Waals surface area contributed by atoms with Crippen LogP contribution in [0.25, 0.3) is 0 Å². The van der Waals surface area contributed by atoms with E-state index >= 15 is 0 Å². The Labute approximate surface area is 174 Å². The summed E-state index contributed by atoms with van der Waals surface area (Å²) < 4.78 is 32.7. The number of hydrogen-bond acceptors (Lipinski definition) is 4. The Hall–Kier alpha value is -1.80. The number of ether oxygens (including phenoxy) is 1. The summed E-state index contributed by atoms with van der Waals surface area (Å²) in [4.78, 5) is 13.9. The normalized spacial score (nSPS) is 15.5. The van der Waals surface area contributed by atoms with Crippen LogP contribution in [0, 0.1) is 6.92 Å². The monoisotopic (exact) mass is 442 g/mol. The summed E-state index contributed by atoms with van der Waals surface area (Å²) in [6.45, 7) is 2.70. The molecule has 0 bridgehead atoms. The SMILES string of the molecule is Cc1ccccc1OCC(=O)N1CCN(S(=O)(=O)c2c(Cl)cccc2Cl)CC1. The number of carbonyl (C=O) groups is 1. The van der Waals surface area contributed by atoms with Crippen molar-refractivity contribution in [2.75, 3.05) is 32.8 Å². The minimum atomic E-state index is -3.83. The number of piperazine rings is 1. The van der Waals surface area contributed by atoms with E-state index in [0.29, 0.717) is 5.75 Å². The molecule has 9 heteroatoms. The molecule has 1 aliphatic rings. The number of para-hydroxylation sites is 1. The summed E-state index contributed by atoms with van der Waals surface area (Å²) in [5, 5.41) is 0.162. The zero-order chi connectivity index (χ0) is 20.3. The molecule has 1 fully saturated rings. The summed E-state index contributed by atoms with van der Waals surface area (Å²) in [6, 6.07) is 12.0. The van der Waals surface area contributed by atoms with Crippen LogP contribution in [0.3, 0.4) is 0 Å². The van der Waals surface area contributed by atoms with Crippen LogP contribution in [0.4, 0.5) is 0 Å². The van der Waals surface area contributed by atoms with Crippen molar-refractivity contribution in [3.8, 4) is 5.75 Å². The molecule has 0 radical (unpaired) electrons. The van der Waals surface area contributed by atoms with Gasteiger partial charge in [-0.2, -0.15) is 4.31 Å². The smallest absolute Gasteiger partial charge is 0.260 e. The molecule has 0 unspecified atom stereocenters. The lowest BCUT2D eigenvalue weighted by atomic mass is 10.2. The molecule has 0 aromatic heterocycles. The fraction of sp³-hybridized carbons (Fsp3) is 0.316. The Morgan fingerprint density at radius 2 is 1.61 bits per heavy atom. The van der Waals surface area contributed by atoms with Gasteiger partial charge in [-0.3, -0.25) is 4.79 Å². The summed E-state index contributed by atoms with van der Waals surface area (Å²) in [6.07, 6.45) is 0. The largest absolute Gasteiger partial charge is 0.484 e. The van der Waals surface area contributed by atoms with Crippen LogP contribution >= 0.6 is 23.2 Å². The Kier molecular flexibility index (Phi) is 6.50. The molecule has 28 heavy (non-hydrogen) atoms. The van der Waals surface area contributed by atoms with Gasteiger partial charge in [-0.25, -0.2) is 8.42 Å². The van der Waals surface area contributed by atoms with E-state index in [1.807, 2.05) is 25.1 Å². The minimum Gasteiger partial charge on any atom is -0.484 e. The Balaban J connectivity index is 1.61. The number of nitrogens with zero attached hydrogens (tertiary/aromatic N) is 2. The Morgan fingerprint density at radius 3 is 2.21 bits per heavy atom. The molecule has 2 aromatic rings. The second-order valence-electron chi connectivity index (χ2n) is 6.39. The predicted octanol–water partition coefficient (Wildman–Crippen LogP) is 3.21. The molecule has 0 spiro atoms.